The van der Waals surface area contributed by atoms with Gasteiger partial charge in [-0.05, 0) is 0 Å². The molecular formula is C8H10N2O. The standard InChI is InChI=1S/C8H10N2O/c1-11-6-4-8-7(10-5-6)2-3-9-8/h4-5,9H,2-3H2,1H3. The minimum atomic E-state index is 0.818. The Balaban J connectivity index is 2.41. The second-order valence-corrected chi connectivity index (χ2v) is 2.55. The average Bonchev–Trinajstić information content (AvgIpc) is 2.50. The number of fused-ring (bicyclic) bond motifs is 1. The van der Waals surface area contributed by atoms with Crippen molar-refractivity contribution in [2.75, 3.05) is 19.0 Å². The van der Waals surface area contributed by atoms with Gasteiger partial charge in [0.05, 0.1) is 24.7 Å². The van der Waals surface area contributed by atoms with Crippen LogP contribution in [-0.4, -0.2) is 18.6 Å². The van der Waals surface area contributed by atoms with Gasteiger partial charge < -0.3 is 10.1 Å². The van der Waals surface area contributed by atoms with Crippen molar-refractivity contribution in [1.29, 1.82) is 0 Å². The van der Waals surface area contributed by atoms with Gasteiger partial charge in [-0.1, -0.05) is 0 Å². The molecule has 0 unspecified atom stereocenters. The van der Waals surface area contributed by atoms with Crippen LogP contribution in [0.5, 0.6) is 5.75 Å². The third kappa shape index (κ3) is 1.02. The number of nitrogens with zero attached hydrogens (tertiary/aromatic N) is 1. The van der Waals surface area contributed by atoms with E-state index in [2.05, 4.69) is 10.3 Å². The Bertz CT molecular complexity index is 273. The van der Waals surface area contributed by atoms with E-state index in [1.807, 2.05) is 6.07 Å². The van der Waals surface area contributed by atoms with E-state index in [4.69, 9.17) is 4.74 Å². The molecule has 0 aromatic carbocycles. The number of rotatable bonds is 1. The summed E-state index contributed by atoms with van der Waals surface area (Å²) in [5, 5.41) is 3.23. The lowest BCUT2D eigenvalue weighted by Gasteiger charge is -2.01. The highest BCUT2D eigenvalue weighted by atomic mass is 16.5. The van der Waals surface area contributed by atoms with Crippen LogP contribution in [0.15, 0.2) is 12.3 Å². The summed E-state index contributed by atoms with van der Waals surface area (Å²) in [6.07, 6.45) is 2.78. The van der Waals surface area contributed by atoms with E-state index in [1.54, 1.807) is 13.3 Å². The lowest BCUT2D eigenvalue weighted by molar-refractivity contribution is 0.413. The SMILES string of the molecule is COc1cnc2c(c1)NCC2. The van der Waals surface area contributed by atoms with Crippen LogP contribution in [0.4, 0.5) is 5.69 Å². The Morgan fingerprint density at radius 3 is 3.36 bits per heavy atom. The fraction of sp³-hybridized carbons (Fsp3) is 0.375. The first kappa shape index (κ1) is 6.46. The van der Waals surface area contributed by atoms with Crippen LogP contribution < -0.4 is 10.1 Å². The molecule has 1 aliphatic heterocycles. The van der Waals surface area contributed by atoms with Crippen LogP contribution in [0, 0.1) is 0 Å². The molecule has 2 rings (SSSR count). The first-order valence-corrected chi connectivity index (χ1v) is 3.67. The normalized spacial score (nSPS) is 13.9. The topological polar surface area (TPSA) is 34.1 Å². The fourth-order valence-electron chi connectivity index (χ4n) is 1.25. The zero-order valence-corrected chi connectivity index (χ0v) is 6.42. The number of anilines is 1. The molecule has 2 heterocycles. The number of pyridine rings is 1. The van der Waals surface area contributed by atoms with Gasteiger partial charge in [-0.2, -0.15) is 0 Å². The van der Waals surface area contributed by atoms with Crippen LogP contribution in [0.25, 0.3) is 0 Å². The predicted octanol–water partition coefficient (Wildman–Crippen LogP) is 1.06. The lowest BCUT2D eigenvalue weighted by atomic mass is 10.3. The number of aromatic nitrogens is 1. The highest BCUT2D eigenvalue weighted by molar-refractivity contribution is 5.54. The summed E-state index contributed by atoms with van der Waals surface area (Å²) in [6, 6.07) is 1.98. The summed E-state index contributed by atoms with van der Waals surface area (Å²) in [6.45, 7) is 0.996. The maximum atomic E-state index is 5.04. The van der Waals surface area contributed by atoms with Crippen molar-refractivity contribution in [1.82, 2.24) is 4.98 Å². The molecule has 58 valence electrons. The Morgan fingerprint density at radius 1 is 1.64 bits per heavy atom. The highest BCUT2D eigenvalue weighted by Crippen LogP contribution is 2.23. The van der Waals surface area contributed by atoms with E-state index in [0.29, 0.717) is 0 Å². The summed E-state index contributed by atoms with van der Waals surface area (Å²) < 4.78 is 5.04. The van der Waals surface area contributed by atoms with Crippen molar-refractivity contribution < 1.29 is 4.74 Å². The Hall–Kier alpha value is -1.25. The minimum Gasteiger partial charge on any atom is -0.495 e. The molecule has 3 heteroatoms. The molecule has 1 N–H and O–H groups in total. The quantitative estimate of drug-likeness (QED) is 0.650. The summed E-state index contributed by atoms with van der Waals surface area (Å²) in [5.41, 5.74) is 2.26. The maximum absolute atomic E-state index is 5.04. The van der Waals surface area contributed by atoms with E-state index in [9.17, 15) is 0 Å². The fourth-order valence-corrected chi connectivity index (χ4v) is 1.25. The van der Waals surface area contributed by atoms with Gasteiger partial charge in [0, 0.05) is 19.0 Å². The number of ether oxygens (including phenoxy) is 1. The molecule has 0 atom stereocenters. The van der Waals surface area contributed by atoms with Crippen molar-refractivity contribution in [2.24, 2.45) is 0 Å². The Kier molecular flexibility index (Phi) is 1.42. The summed E-state index contributed by atoms with van der Waals surface area (Å²) in [4.78, 5) is 4.24. The molecule has 0 saturated heterocycles. The maximum Gasteiger partial charge on any atom is 0.139 e. The number of nitrogens with one attached hydrogen (secondary N) is 1. The second-order valence-electron chi connectivity index (χ2n) is 2.55. The van der Waals surface area contributed by atoms with E-state index in [1.165, 1.54) is 0 Å². The molecule has 11 heavy (non-hydrogen) atoms. The van der Waals surface area contributed by atoms with Crippen molar-refractivity contribution >= 4 is 5.69 Å². The first-order valence-electron chi connectivity index (χ1n) is 3.67. The third-order valence-electron chi connectivity index (χ3n) is 1.86. The summed E-state index contributed by atoms with van der Waals surface area (Å²) >= 11 is 0. The molecule has 3 nitrogen and oxygen atoms in total. The van der Waals surface area contributed by atoms with Crippen LogP contribution >= 0.6 is 0 Å². The largest absolute Gasteiger partial charge is 0.495 e. The molecule has 0 amide bonds. The van der Waals surface area contributed by atoms with E-state index in [0.717, 1.165) is 30.1 Å². The van der Waals surface area contributed by atoms with Crippen LogP contribution in [0.1, 0.15) is 5.69 Å². The molecular weight excluding hydrogens is 140 g/mol. The van der Waals surface area contributed by atoms with Crippen LogP contribution in [-0.2, 0) is 6.42 Å². The highest BCUT2D eigenvalue weighted by Gasteiger charge is 2.10. The second kappa shape index (κ2) is 2.42. The molecule has 0 spiro atoms. The molecule has 1 aliphatic rings. The molecule has 0 fully saturated rings. The van der Waals surface area contributed by atoms with Gasteiger partial charge in [-0.3, -0.25) is 4.98 Å². The van der Waals surface area contributed by atoms with Gasteiger partial charge in [-0.15, -0.1) is 0 Å². The molecule has 0 bridgehead atoms. The minimum absolute atomic E-state index is 0.818. The molecule has 1 aromatic rings. The van der Waals surface area contributed by atoms with Gasteiger partial charge in [0.2, 0.25) is 0 Å². The smallest absolute Gasteiger partial charge is 0.139 e. The molecule has 1 aromatic heterocycles. The lowest BCUT2D eigenvalue weighted by Crippen LogP contribution is -1.91. The molecule has 0 aliphatic carbocycles. The van der Waals surface area contributed by atoms with Crippen molar-refractivity contribution in [3.8, 4) is 5.75 Å². The zero-order valence-electron chi connectivity index (χ0n) is 6.42. The summed E-state index contributed by atoms with van der Waals surface area (Å²) in [5.74, 6) is 0.818. The van der Waals surface area contributed by atoms with E-state index < -0.39 is 0 Å². The number of hydrogen-bond acceptors (Lipinski definition) is 3. The zero-order chi connectivity index (χ0) is 7.68. The van der Waals surface area contributed by atoms with E-state index >= 15 is 0 Å². The van der Waals surface area contributed by atoms with Crippen LogP contribution in [0.2, 0.25) is 0 Å². The first-order chi connectivity index (χ1) is 5.40. The molecule has 0 radical (unpaired) electrons. The van der Waals surface area contributed by atoms with Crippen LogP contribution in [0.3, 0.4) is 0 Å². The van der Waals surface area contributed by atoms with Crippen molar-refractivity contribution in [3.05, 3.63) is 18.0 Å². The van der Waals surface area contributed by atoms with Crippen molar-refractivity contribution in [2.45, 2.75) is 6.42 Å². The van der Waals surface area contributed by atoms with Gasteiger partial charge in [0.15, 0.2) is 0 Å². The average molecular weight is 150 g/mol. The number of hydrogen-bond donors (Lipinski definition) is 1. The third-order valence-corrected chi connectivity index (χ3v) is 1.86. The van der Waals surface area contributed by atoms with Crippen molar-refractivity contribution in [3.63, 3.8) is 0 Å². The van der Waals surface area contributed by atoms with Gasteiger partial charge in [-0.25, -0.2) is 0 Å². The number of methoxy groups -OCH3 is 1. The Labute approximate surface area is 65.4 Å². The van der Waals surface area contributed by atoms with Gasteiger partial charge in [0.1, 0.15) is 5.75 Å². The van der Waals surface area contributed by atoms with Gasteiger partial charge >= 0.3 is 0 Å². The predicted molar refractivity (Wildman–Crippen MR) is 43.0 cm³/mol. The molecule has 0 saturated carbocycles. The van der Waals surface area contributed by atoms with Gasteiger partial charge in [0.25, 0.3) is 0 Å². The Morgan fingerprint density at radius 2 is 2.55 bits per heavy atom. The monoisotopic (exact) mass is 150 g/mol. The van der Waals surface area contributed by atoms with E-state index in [-0.39, 0.29) is 0 Å². The summed E-state index contributed by atoms with van der Waals surface area (Å²) in [7, 11) is 1.65.